The summed E-state index contributed by atoms with van der Waals surface area (Å²) in [5.74, 6) is 0.0546. The van der Waals surface area contributed by atoms with Crippen molar-refractivity contribution in [2.75, 3.05) is 18.4 Å². The highest BCUT2D eigenvalue weighted by atomic mass is 16.2. The van der Waals surface area contributed by atoms with Crippen molar-refractivity contribution in [2.45, 2.75) is 26.3 Å². The summed E-state index contributed by atoms with van der Waals surface area (Å²) in [6.07, 6.45) is 1.83. The molecule has 8 heteroatoms. The van der Waals surface area contributed by atoms with Crippen LogP contribution in [0.5, 0.6) is 0 Å². The van der Waals surface area contributed by atoms with Gasteiger partial charge in [-0.1, -0.05) is 43.7 Å². The SMILES string of the molecule is CCCCN(CC(=O)NC(=O)Nc1ccccc1)Cc1nc2ccccc2c(=O)[nH]1. The number of nitrogens with zero attached hydrogens (tertiary/aromatic N) is 2. The first-order chi connectivity index (χ1) is 14.5. The number of para-hydroxylation sites is 2. The number of carbonyl (C=O) groups is 2. The van der Waals surface area contributed by atoms with E-state index >= 15 is 0 Å². The van der Waals surface area contributed by atoms with Gasteiger partial charge in [-0.3, -0.25) is 19.8 Å². The van der Waals surface area contributed by atoms with Crippen molar-refractivity contribution in [3.8, 4) is 0 Å². The number of anilines is 1. The molecule has 3 aromatic rings. The van der Waals surface area contributed by atoms with E-state index in [1.807, 2.05) is 17.0 Å². The van der Waals surface area contributed by atoms with Gasteiger partial charge in [0, 0.05) is 5.69 Å². The van der Waals surface area contributed by atoms with Crippen LogP contribution in [-0.4, -0.2) is 39.9 Å². The van der Waals surface area contributed by atoms with Crippen LogP contribution in [0.15, 0.2) is 59.4 Å². The van der Waals surface area contributed by atoms with Gasteiger partial charge in [0.05, 0.1) is 24.0 Å². The lowest BCUT2D eigenvalue weighted by Crippen LogP contribution is -2.42. The summed E-state index contributed by atoms with van der Waals surface area (Å²) in [6.45, 7) is 3.01. The van der Waals surface area contributed by atoms with Crippen molar-refractivity contribution < 1.29 is 9.59 Å². The van der Waals surface area contributed by atoms with Crippen LogP contribution >= 0.6 is 0 Å². The minimum atomic E-state index is -0.584. The predicted octanol–water partition coefficient (Wildman–Crippen LogP) is 2.87. The normalized spacial score (nSPS) is 10.9. The van der Waals surface area contributed by atoms with Crippen molar-refractivity contribution in [1.29, 1.82) is 0 Å². The van der Waals surface area contributed by atoms with Crippen molar-refractivity contribution in [1.82, 2.24) is 20.2 Å². The summed E-state index contributed by atoms with van der Waals surface area (Å²) in [7, 11) is 0. The fraction of sp³-hybridized carbons (Fsp3) is 0.273. The molecule has 0 unspecified atom stereocenters. The van der Waals surface area contributed by atoms with Gasteiger partial charge in [0.25, 0.3) is 5.56 Å². The average molecular weight is 407 g/mol. The monoisotopic (exact) mass is 407 g/mol. The number of aromatic nitrogens is 2. The molecule has 156 valence electrons. The lowest BCUT2D eigenvalue weighted by molar-refractivity contribution is -0.121. The first-order valence-corrected chi connectivity index (χ1v) is 9.91. The Bertz CT molecular complexity index is 1070. The smallest absolute Gasteiger partial charge is 0.309 e. The van der Waals surface area contributed by atoms with Gasteiger partial charge in [-0.2, -0.15) is 0 Å². The van der Waals surface area contributed by atoms with Crippen LogP contribution in [0.2, 0.25) is 0 Å². The van der Waals surface area contributed by atoms with Gasteiger partial charge in [0.2, 0.25) is 5.91 Å². The first kappa shape index (κ1) is 21.2. The third-order valence-corrected chi connectivity index (χ3v) is 4.51. The number of amides is 3. The van der Waals surface area contributed by atoms with Crippen LogP contribution in [0.25, 0.3) is 10.9 Å². The van der Waals surface area contributed by atoms with E-state index in [-0.39, 0.29) is 12.1 Å². The summed E-state index contributed by atoms with van der Waals surface area (Å²) in [5.41, 5.74) is 1.000. The zero-order chi connectivity index (χ0) is 21.3. The number of benzene rings is 2. The fourth-order valence-corrected chi connectivity index (χ4v) is 3.07. The molecule has 0 radical (unpaired) electrons. The molecule has 0 bridgehead atoms. The van der Waals surface area contributed by atoms with E-state index in [0.717, 1.165) is 12.8 Å². The van der Waals surface area contributed by atoms with E-state index < -0.39 is 11.9 Å². The molecule has 3 N–H and O–H groups in total. The molecular formula is C22H25N5O3. The van der Waals surface area contributed by atoms with Gasteiger partial charge in [-0.25, -0.2) is 9.78 Å². The summed E-state index contributed by atoms with van der Waals surface area (Å²) in [5, 5.41) is 5.48. The minimum absolute atomic E-state index is 0.0126. The van der Waals surface area contributed by atoms with Crippen molar-refractivity contribution >= 4 is 28.5 Å². The van der Waals surface area contributed by atoms with E-state index in [2.05, 4.69) is 27.5 Å². The summed E-state index contributed by atoms with van der Waals surface area (Å²) in [4.78, 5) is 45.9. The maximum atomic E-state index is 12.4. The number of fused-ring (bicyclic) bond motifs is 1. The van der Waals surface area contributed by atoms with Gasteiger partial charge >= 0.3 is 6.03 Å². The lowest BCUT2D eigenvalue weighted by atomic mass is 10.2. The molecule has 2 aromatic carbocycles. The lowest BCUT2D eigenvalue weighted by Gasteiger charge is -2.21. The maximum absolute atomic E-state index is 12.4. The highest BCUT2D eigenvalue weighted by Gasteiger charge is 2.15. The van der Waals surface area contributed by atoms with Gasteiger partial charge < -0.3 is 10.3 Å². The first-order valence-electron chi connectivity index (χ1n) is 9.91. The number of rotatable bonds is 8. The Morgan fingerprint density at radius 3 is 2.57 bits per heavy atom. The third kappa shape index (κ3) is 5.99. The molecule has 0 aliphatic carbocycles. The second kappa shape index (κ2) is 10.3. The highest BCUT2D eigenvalue weighted by molar-refractivity contribution is 6.01. The van der Waals surface area contributed by atoms with Crippen LogP contribution in [0, 0.1) is 0 Å². The van der Waals surface area contributed by atoms with Crippen molar-refractivity contribution in [3.05, 3.63) is 70.8 Å². The number of hydrogen-bond acceptors (Lipinski definition) is 5. The largest absolute Gasteiger partial charge is 0.325 e. The molecule has 8 nitrogen and oxygen atoms in total. The van der Waals surface area contributed by atoms with Gasteiger partial charge in [-0.15, -0.1) is 0 Å². The fourth-order valence-electron chi connectivity index (χ4n) is 3.07. The molecule has 0 saturated heterocycles. The van der Waals surface area contributed by atoms with Gasteiger partial charge in [0.15, 0.2) is 0 Å². The molecule has 0 atom stereocenters. The number of carbonyl (C=O) groups excluding carboxylic acids is 2. The molecule has 0 aliphatic rings. The molecule has 3 rings (SSSR count). The molecular weight excluding hydrogens is 382 g/mol. The Labute approximate surface area is 174 Å². The van der Waals surface area contributed by atoms with Crippen LogP contribution in [0.4, 0.5) is 10.5 Å². The summed E-state index contributed by atoms with van der Waals surface area (Å²) >= 11 is 0. The maximum Gasteiger partial charge on any atom is 0.325 e. The number of imide groups is 1. The van der Waals surface area contributed by atoms with E-state index in [9.17, 15) is 14.4 Å². The van der Waals surface area contributed by atoms with Crippen LogP contribution < -0.4 is 16.2 Å². The number of urea groups is 1. The number of hydrogen-bond donors (Lipinski definition) is 3. The Hall–Kier alpha value is -3.52. The summed E-state index contributed by atoms with van der Waals surface area (Å²) in [6, 6.07) is 15.4. The minimum Gasteiger partial charge on any atom is -0.309 e. The quantitative estimate of drug-likeness (QED) is 0.532. The van der Waals surface area contributed by atoms with E-state index in [0.29, 0.717) is 35.5 Å². The highest BCUT2D eigenvalue weighted by Crippen LogP contribution is 2.08. The van der Waals surface area contributed by atoms with Crippen molar-refractivity contribution in [3.63, 3.8) is 0 Å². The third-order valence-electron chi connectivity index (χ3n) is 4.51. The van der Waals surface area contributed by atoms with Crippen LogP contribution in [0.3, 0.4) is 0 Å². The molecule has 30 heavy (non-hydrogen) atoms. The Balaban J connectivity index is 1.64. The summed E-state index contributed by atoms with van der Waals surface area (Å²) < 4.78 is 0. The average Bonchev–Trinajstić information content (AvgIpc) is 2.72. The molecule has 1 heterocycles. The number of H-pyrrole nitrogens is 1. The van der Waals surface area contributed by atoms with Gasteiger partial charge in [0.1, 0.15) is 5.82 Å². The second-order valence-corrected chi connectivity index (χ2v) is 6.96. The molecule has 1 aromatic heterocycles. The number of nitrogens with one attached hydrogen (secondary N) is 3. The number of aromatic amines is 1. The molecule has 3 amide bonds. The van der Waals surface area contributed by atoms with E-state index in [1.165, 1.54) is 0 Å². The Morgan fingerprint density at radius 2 is 1.80 bits per heavy atom. The molecule has 0 aliphatic heterocycles. The molecule has 0 fully saturated rings. The van der Waals surface area contributed by atoms with Crippen molar-refractivity contribution in [2.24, 2.45) is 0 Å². The van der Waals surface area contributed by atoms with E-state index in [4.69, 9.17) is 0 Å². The van der Waals surface area contributed by atoms with Crippen LogP contribution in [-0.2, 0) is 11.3 Å². The Kier molecular flexibility index (Phi) is 7.29. The molecule has 0 saturated carbocycles. The topological polar surface area (TPSA) is 107 Å². The molecule has 0 spiro atoms. The predicted molar refractivity (Wildman–Crippen MR) is 116 cm³/mol. The van der Waals surface area contributed by atoms with E-state index in [1.54, 1.807) is 42.5 Å². The standard InChI is InChI=1S/C22H25N5O3/c1-2-3-13-27(14-19-24-18-12-8-7-11-17(18)21(29)25-19)15-20(28)26-22(30)23-16-9-5-4-6-10-16/h4-12H,2-3,13-15H2,1H3,(H,24,25,29)(H2,23,26,28,30). The zero-order valence-corrected chi connectivity index (χ0v) is 16.9. The van der Waals surface area contributed by atoms with Gasteiger partial charge in [-0.05, 0) is 37.2 Å². The number of unbranched alkanes of at least 4 members (excludes halogenated alkanes) is 1. The Morgan fingerprint density at radius 1 is 1.07 bits per heavy atom. The van der Waals surface area contributed by atoms with Crippen LogP contribution in [0.1, 0.15) is 25.6 Å². The second-order valence-electron chi connectivity index (χ2n) is 6.96. The zero-order valence-electron chi connectivity index (χ0n) is 16.9.